The Kier molecular flexibility index (Phi) is 3.04. The van der Waals surface area contributed by atoms with Gasteiger partial charge in [0.1, 0.15) is 6.10 Å². The van der Waals surface area contributed by atoms with E-state index in [1.807, 2.05) is 30.3 Å². The number of aliphatic hydroxyl groups is 1. The topological polar surface area (TPSA) is 55.5 Å². The highest BCUT2D eigenvalue weighted by molar-refractivity contribution is 5.17. The van der Waals surface area contributed by atoms with Crippen molar-refractivity contribution in [3.63, 3.8) is 0 Å². The summed E-state index contributed by atoms with van der Waals surface area (Å²) >= 11 is 0. The molecule has 0 aromatic heterocycles. The van der Waals surface area contributed by atoms with E-state index in [2.05, 4.69) is 4.84 Å². The molecule has 0 saturated carbocycles. The monoisotopic (exact) mass is 153 g/mol. The Morgan fingerprint density at radius 2 is 2.00 bits per heavy atom. The number of aliphatic hydroxyl groups excluding tert-OH is 1. The van der Waals surface area contributed by atoms with E-state index < -0.39 is 6.10 Å². The van der Waals surface area contributed by atoms with E-state index >= 15 is 0 Å². The first kappa shape index (κ1) is 8.20. The summed E-state index contributed by atoms with van der Waals surface area (Å²) in [6, 6.07) is 9.25. The van der Waals surface area contributed by atoms with Gasteiger partial charge in [0.25, 0.3) is 0 Å². The predicted octanol–water partition coefficient (Wildman–Crippen LogP) is 0.610. The Bertz CT molecular complexity index is 201. The largest absolute Gasteiger partial charge is 0.386 e. The maximum Gasteiger partial charge on any atom is 0.104 e. The number of benzene rings is 1. The molecule has 1 atom stereocenters. The molecule has 0 spiro atoms. The van der Waals surface area contributed by atoms with Gasteiger partial charge in [-0.2, -0.15) is 0 Å². The minimum atomic E-state index is -0.624. The Morgan fingerprint density at radius 3 is 2.55 bits per heavy atom. The van der Waals surface area contributed by atoms with Crippen LogP contribution in [0.2, 0.25) is 0 Å². The first-order chi connectivity index (χ1) is 5.34. The van der Waals surface area contributed by atoms with Crippen molar-refractivity contribution in [2.24, 2.45) is 5.90 Å². The highest BCUT2D eigenvalue weighted by Gasteiger charge is 2.04. The van der Waals surface area contributed by atoms with Crippen molar-refractivity contribution in [3.8, 4) is 0 Å². The first-order valence-corrected chi connectivity index (χ1v) is 3.39. The van der Waals surface area contributed by atoms with Crippen molar-refractivity contribution in [2.45, 2.75) is 6.10 Å². The zero-order valence-electron chi connectivity index (χ0n) is 6.10. The van der Waals surface area contributed by atoms with E-state index in [4.69, 9.17) is 5.90 Å². The Hall–Kier alpha value is -0.900. The summed E-state index contributed by atoms with van der Waals surface area (Å²) in [5, 5.41) is 9.32. The summed E-state index contributed by atoms with van der Waals surface area (Å²) in [6.07, 6.45) is -0.624. The van der Waals surface area contributed by atoms with Crippen LogP contribution in [-0.4, -0.2) is 11.7 Å². The lowest BCUT2D eigenvalue weighted by molar-refractivity contribution is 0.0359. The zero-order valence-corrected chi connectivity index (χ0v) is 6.10. The summed E-state index contributed by atoms with van der Waals surface area (Å²) in [4.78, 5) is 4.31. The van der Waals surface area contributed by atoms with E-state index in [1.54, 1.807) is 0 Å². The second-order valence-electron chi connectivity index (χ2n) is 2.26. The molecule has 0 bridgehead atoms. The Balaban J connectivity index is 2.61. The molecule has 0 heterocycles. The molecule has 1 aromatic carbocycles. The van der Waals surface area contributed by atoms with Gasteiger partial charge >= 0.3 is 0 Å². The molecule has 0 aliphatic heterocycles. The molecule has 0 radical (unpaired) electrons. The normalized spacial score (nSPS) is 12.9. The predicted molar refractivity (Wildman–Crippen MR) is 41.5 cm³/mol. The minimum absolute atomic E-state index is 0.129. The van der Waals surface area contributed by atoms with Gasteiger partial charge in [-0.1, -0.05) is 30.3 Å². The standard InChI is InChI=1S/C8H11NO2/c9-11-6-8(10)7-4-2-1-3-5-7/h1-5,8,10H,6,9H2. The summed E-state index contributed by atoms with van der Waals surface area (Å²) in [5.41, 5.74) is 0.818. The average molecular weight is 153 g/mol. The fraction of sp³-hybridized carbons (Fsp3) is 0.250. The van der Waals surface area contributed by atoms with Gasteiger partial charge in [0.15, 0.2) is 0 Å². The molecule has 1 rings (SSSR count). The second-order valence-corrected chi connectivity index (χ2v) is 2.26. The quantitative estimate of drug-likeness (QED) is 0.625. The summed E-state index contributed by atoms with van der Waals surface area (Å²) in [6.45, 7) is 0.129. The van der Waals surface area contributed by atoms with Gasteiger partial charge in [-0.25, -0.2) is 5.90 Å². The SMILES string of the molecule is NOCC(O)c1ccccc1. The third-order valence-corrected chi connectivity index (χ3v) is 1.44. The lowest BCUT2D eigenvalue weighted by Crippen LogP contribution is -2.10. The molecule has 0 aliphatic rings. The van der Waals surface area contributed by atoms with E-state index in [-0.39, 0.29) is 6.61 Å². The molecule has 11 heavy (non-hydrogen) atoms. The number of hydrogen-bond acceptors (Lipinski definition) is 3. The van der Waals surface area contributed by atoms with Gasteiger partial charge in [-0.15, -0.1) is 0 Å². The van der Waals surface area contributed by atoms with Crippen LogP contribution in [0.1, 0.15) is 11.7 Å². The maximum atomic E-state index is 9.32. The van der Waals surface area contributed by atoms with Crippen LogP contribution in [0.4, 0.5) is 0 Å². The van der Waals surface area contributed by atoms with Crippen LogP contribution in [0, 0.1) is 0 Å². The number of rotatable bonds is 3. The lowest BCUT2D eigenvalue weighted by atomic mass is 10.1. The van der Waals surface area contributed by atoms with Crippen LogP contribution < -0.4 is 5.90 Å². The molecular weight excluding hydrogens is 142 g/mol. The number of nitrogens with two attached hydrogens (primary N) is 1. The molecule has 0 saturated heterocycles. The van der Waals surface area contributed by atoms with Crippen molar-refractivity contribution >= 4 is 0 Å². The van der Waals surface area contributed by atoms with Crippen molar-refractivity contribution in [3.05, 3.63) is 35.9 Å². The Morgan fingerprint density at radius 1 is 1.36 bits per heavy atom. The van der Waals surface area contributed by atoms with E-state index in [9.17, 15) is 5.11 Å². The fourth-order valence-corrected chi connectivity index (χ4v) is 0.863. The van der Waals surface area contributed by atoms with Crippen LogP contribution in [0.15, 0.2) is 30.3 Å². The van der Waals surface area contributed by atoms with Gasteiger partial charge in [-0.05, 0) is 5.56 Å². The summed E-state index contributed by atoms with van der Waals surface area (Å²) in [7, 11) is 0. The molecule has 60 valence electrons. The highest BCUT2D eigenvalue weighted by Crippen LogP contribution is 2.10. The molecule has 3 heteroatoms. The molecule has 0 aliphatic carbocycles. The average Bonchev–Trinajstić information content (AvgIpc) is 2.07. The molecule has 1 unspecified atom stereocenters. The van der Waals surface area contributed by atoms with Gasteiger partial charge in [0, 0.05) is 0 Å². The smallest absolute Gasteiger partial charge is 0.104 e. The van der Waals surface area contributed by atoms with Crippen LogP contribution in [0.25, 0.3) is 0 Å². The first-order valence-electron chi connectivity index (χ1n) is 3.39. The summed E-state index contributed by atoms with van der Waals surface area (Å²) in [5.74, 6) is 4.81. The molecule has 1 aromatic rings. The van der Waals surface area contributed by atoms with E-state index in [0.29, 0.717) is 0 Å². The van der Waals surface area contributed by atoms with E-state index in [1.165, 1.54) is 0 Å². The number of hydrogen-bond donors (Lipinski definition) is 2. The van der Waals surface area contributed by atoms with Crippen molar-refractivity contribution in [1.82, 2.24) is 0 Å². The van der Waals surface area contributed by atoms with Crippen molar-refractivity contribution in [1.29, 1.82) is 0 Å². The molecule has 3 nitrogen and oxygen atoms in total. The molecule has 3 N–H and O–H groups in total. The van der Waals surface area contributed by atoms with Crippen LogP contribution in [0.3, 0.4) is 0 Å². The third kappa shape index (κ3) is 2.31. The van der Waals surface area contributed by atoms with Gasteiger partial charge in [-0.3, -0.25) is 0 Å². The minimum Gasteiger partial charge on any atom is -0.386 e. The molecular formula is C8H11NO2. The molecule has 0 fully saturated rings. The van der Waals surface area contributed by atoms with E-state index in [0.717, 1.165) is 5.56 Å². The van der Waals surface area contributed by atoms with Crippen molar-refractivity contribution in [2.75, 3.05) is 6.61 Å². The third-order valence-electron chi connectivity index (χ3n) is 1.44. The highest BCUT2D eigenvalue weighted by atomic mass is 16.6. The zero-order chi connectivity index (χ0) is 8.10. The lowest BCUT2D eigenvalue weighted by Gasteiger charge is -2.07. The maximum absolute atomic E-state index is 9.32. The van der Waals surface area contributed by atoms with Gasteiger partial charge in [0.2, 0.25) is 0 Å². The summed E-state index contributed by atoms with van der Waals surface area (Å²) < 4.78 is 0. The van der Waals surface area contributed by atoms with Crippen LogP contribution in [-0.2, 0) is 4.84 Å². The molecule has 0 amide bonds. The van der Waals surface area contributed by atoms with Gasteiger partial charge < -0.3 is 9.94 Å². The van der Waals surface area contributed by atoms with Crippen molar-refractivity contribution < 1.29 is 9.94 Å². The second kappa shape index (κ2) is 4.08. The van der Waals surface area contributed by atoms with Crippen LogP contribution in [0.5, 0.6) is 0 Å². The van der Waals surface area contributed by atoms with Gasteiger partial charge in [0.05, 0.1) is 6.61 Å². The van der Waals surface area contributed by atoms with Crippen LogP contribution >= 0.6 is 0 Å². The Labute approximate surface area is 65.4 Å². The fourth-order valence-electron chi connectivity index (χ4n) is 0.863.